The fraction of sp³-hybridized carbons (Fsp3) is 0.941. The van der Waals surface area contributed by atoms with Crippen molar-refractivity contribution < 1.29 is 9.90 Å². The first-order valence-corrected chi connectivity index (χ1v) is 8.69. The molecule has 21 heavy (non-hydrogen) atoms. The third kappa shape index (κ3) is 5.59. The van der Waals surface area contributed by atoms with E-state index < -0.39 is 5.97 Å². The summed E-state index contributed by atoms with van der Waals surface area (Å²) in [6.07, 6.45) is 9.09. The first-order chi connectivity index (χ1) is 10.0. The Bertz CT molecular complexity index is 335. The molecule has 0 radical (unpaired) electrons. The molecule has 1 saturated heterocycles. The number of likely N-dealkylation sites (N-methyl/N-ethyl adjacent to an activating group) is 1. The Morgan fingerprint density at radius 2 is 2.00 bits per heavy atom. The van der Waals surface area contributed by atoms with Crippen LogP contribution in [0.1, 0.15) is 51.9 Å². The number of rotatable bonds is 5. The first-order valence-electron chi connectivity index (χ1n) is 8.69. The lowest BCUT2D eigenvalue weighted by atomic mass is 9.82. The van der Waals surface area contributed by atoms with E-state index in [4.69, 9.17) is 5.11 Å². The van der Waals surface area contributed by atoms with Gasteiger partial charge in [0.2, 0.25) is 0 Å². The summed E-state index contributed by atoms with van der Waals surface area (Å²) in [5.74, 6) is 1.09. The summed E-state index contributed by atoms with van der Waals surface area (Å²) in [7, 11) is 1.96. The van der Waals surface area contributed by atoms with Crippen LogP contribution in [-0.4, -0.2) is 60.1 Å². The zero-order valence-electron chi connectivity index (χ0n) is 13.8. The van der Waals surface area contributed by atoms with E-state index in [9.17, 15) is 4.79 Å². The molecule has 0 aromatic heterocycles. The number of hydrogen-bond donors (Lipinski definition) is 1. The lowest BCUT2D eigenvalue weighted by Crippen LogP contribution is -2.37. The van der Waals surface area contributed by atoms with Crippen molar-refractivity contribution in [1.82, 2.24) is 9.80 Å². The van der Waals surface area contributed by atoms with Gasteiger partial charge in [0.25, 0.3) is 0 Å². The molecular weight excluding hydrogens is 264 g/mol. The number of carboxylic acid groups (broad SMARTS) is 1. The van der Waals surface area contributed by atoms with Crippen molar-refractivity contribution in [2.45, 2.75) is 57.9 Å². The van der Waals surface area contributed by atoms with Gasteiger partial charge in [-0.25, -0.2) is 0 Å². The highest BCUT2D eigenvalue weighted by molar-refractivity contribution is 5.69. The minimum absolute atomic E-state index is 0.171. The summed E-state index contributed by atoms with van der Waals surface area (Å²) in [5.41, 5.74) is 0. The van der Waals surface area contributed by atoms with E-state index in [-0.39, 0.29) is 6.54 Å². The molecule has 1 aliphatic carbocycles. The standard InChI is InChI=1S/C17H32N2O2/c1-14-5-3-6-15(11-14)12-19-9-4-7-16(8-10-19)18(2)13-17(20)21/h14-16H,3-13H2,1-2H3,(H,20,21). The van der Waals surface area contributed by atoms with Gasteiger partial charge in [0.1, 0.15) is 0 Å². The predicted octanol–water partition coefficient (Wildman–Crippen LogP) is 2.68. The van der Waals surface area contributed by atoms with E-state index in [2.05, 4.69) is 11.8 Å². The molecule has 2 aliphatic rings. The summed E-state index contributed by atoms with van der Waals surface area (Å²) in [6, 6.07) is 0.441. The quantitative estimate of drug-likeness (QED) is 0.847. The van der Waals surface area contributed by atoms with Crippen molar-refractivity contribution in [2.75, 3.05) is 33.2 Å². The van der Waals surface area contributed by atoms with Gasteiger partial charge < -0.3 is 10.0 Å². The molecule has 0 bridgehead atoms. The van der Waals surface area contributed by atoms with Crippen LogP contribution in [0.4, 0.5) is 0 Å². The summed E-state index contributed by atoms with van der Waals surface area (Å²) in [4.78, 5) is 15.5. The minimum Gasteiger partial charge on any atom is -0.480 e. The summed E-state index contributed by atoms with van der Waals surface area (Å²) >= 11 is 0. The van der Waals surface area contributed by atoms with Gasteiger partial charge >= 0.3 is 5.97 Å². The zero-order chi connectivity index (χ0) is 15.2. The van der Waals surface area contributed by atoms with Gasteiger partial charge in [-0.1, -0.05) is 19.8 Å². The topological polar surface area (TPSA) is 43.8 Å². The third-order valence-corrected chi connectivity index (χ3v) is 5.36. The maximum atomic E-state index is 10.8. The van der Waals surface area contributed by atoms with Gasteiger partial charge in [-0.15, -0.1) is 0 Å². The highest BCUT2D eigenvalue weighted by atomic mass is 16.4. The molecule has 0 aromatic rings. The first kappa shape index (κ1) is 16.8. The van der Waals surface area contributed by atoms with Gasteiger partial charge in [-0.2, -0.15) is 0 Å². The fourth-order valence-electron chi connectivity index (χ4n) is 4.19. The largest absolute Gasteiger partial charge is 0.480 e. The number of aliphatic carboxylic acids is 1. The molecule has 1 aliphatic heterocycles. The van der Waals surface area contributed by atoms with Crippen molar-refractivity contribution in [1.29, 1.82) is 0 Å². The number of hydrogen-bond acceptors (Lipinski definition) is 3. The summed E-state index contributed by atoms with van der Waals surface area (Å²) < 4.78 is 0. The van der Waals surface area contributed by atoms with E-state index in [0.29, 0.717) is 6.04 Å². The number of likely N-dealkylation sites (tertiary alicyclic amines) is 1. The second-order valence-corrected chi connectivity index (χ2v) is 7.33. The monoisotopic (exact) mass is 296 g/mol. The Morgan fingerprint density at radius 1 is 1.19 bits per heavy atom. The van der Waals surface area contributed by atoms with Gasteiger partial charge in [-0.05, 0) is 64.1 Å². The van der Waals surface area contributed by atoms with Crippen LogP contribution in [0.2, 0.25) is 0 Å². The van der Waals surface area contributed by atoms with Crippen molar-refractivity contribution in [3.05, 3.63) is 0 Å². The summed E-state index contributed by atoms with van der Waals surface area (Å²) in [5, 5.41) is 8.93. The highest BCUT2D eigenvalue weighted by Gasteiger charge is 2.25. The van der Waals surface area contributed by atoms with Crippen LogP contribution in [-0.2, 0) is 4.79 Å². The second-order valence-electron chi connectivity index (χ2n) is 7.33. The molecule has 3 unspecified atom stereocenters. The smallest absolute Gasteiger partial charge is 0.317 e. The Hall–Kier alpha value is -0.610. The van der Waals surface area contributed by atoms with Crippen molar-refractivity contribution in [2.24, 2.45) is 11.8 Å². The molecule has 0 spiro atoms. The maximum absolute atomic E-state index is 10.8. The molecular formula is C17H32N2O2. The van der Waals surface area contributed by atoms with Crippen LogP contribution in [0, 0.1) is 11.8 Å². The fourth-order valence-corrected chi connectivity index (χ4v) is 4.19. The molecule has 0 aromatic carbocycles. The Labute approximate surface area is 129 Å². The normalized spacial score (nSPS) is 32.0. The molecule has 1 heterocycles. The van der Waals surface area contributed by atoms with E-state index in [1.165, 1.54) is 45.2 Å². The highest BCUT2D eigenvalue weighted by Crippen LogP contribution is 2.29. The Kier molecular flexibility index (Phi) is 6.49. The van der Waals surface area contributed by atoms with Crippen molar-refractivity contribution in [3.63, 3.8) is 0 Å². The van der Waals surface area contributed by atoms with Crippen LogP contribution in [0.15, 0.2) is 0 Å². The second kappa shape index (κ2) is 8.14. The third-order valence-electron chi connectivity index (χ3n) is 5.36. The van der Waals surface area contributed by atoms with E-state index in [1.54, 1.807) is 0 Å². The SMILES string of the molecule is CC1CCCC(CN2CCCC(N(C)CC(=O)O)CC2)C1. The molecule has 2 rings (SSSR count). The van der Waals surface area contributed by atoms with Gasteiger partial charge in [0.05, 0.1) is 6.54 Å². The zero-order valence-corrected chi connectivity index (χ0v) is 13.8. The van der Waals surface area contributed by atoms with Crippen molar-refractivity contribution in [3.8, 4) is 0 Å². The molecule has 4 heteroatoms. The van der Waals surface area contributed by atoms with E-state index in [1.807, 2.05) is 11.9 Å². The van der Waals surface area contributed by atoms with Crippen LogP contribution >= 0.6 is 0 Å². The molecule has 2 fully saturated rings. The summed E-state index contributed by atoms with van der Waals surface area (Å²) in [6.45, 7) is 6.16. The van der Waals surface area contributed by atoms with Crippen LogP contribution in [0.5, 0.6) is 0 Å². The molecule has 0 amide bonds. The van der Waals surface area contributed by atoms with Crippen molar-refractivity contribution >= 4 is 5.97 Å². The average Bonchev–Trinajstić information content (AvgIpc) is 2.63. The number of carboxylic acids is 1. The molecule has 3 atom stereocenters. The van der Waals surface area contributed by atoms with Gasteiger partial charge in [0, 0.05) is 12.6 Å². The number of nitrogens with zero attached hydrogens (tertiary/aromatic N) is 2. The van der Waals surface area contributed by atoms with Crippen LogP contribution in [0.3, 0.4) is 0 Å². The molecule has 1 N–H and O–H groups in total. The van der Waals surface area contributed by atoms with Gasteiger partial charge in [-0.3, -0.25) is 9.69 Å². The predicted molar refractivity (Wildman–Crippen MR) is 85.5 cm³/mol. The molecule has 122 valence electrons. The average molecular weight is 296 g/mol. The molecule has 4 nitrogen and oxygen atoms in total. The van der Waals surface area contributed by atoms with E-state index in [0.717, 1.165) is 31.2 Å². The Morgan fingerprint density at radius 3 is 2.71 bits per heavy atom. The lowest BCUT2D eigenvalue weighted by Gasteiger charge is -2.32. The number of carbonyl (C=O) groups is 1. The van der Waals surface area contributed by atoms with Crippen LogP contribution < -0.4 is 0 Å². The maximum Gasteiger partial charge on any atom is 0.317 e. The van der Waals surface area contributed by atoms with E-state index >= 15 is 0 Å². The minimum atomic E-state index is -0.713. The van der Waals surface area contributed by atoms with Crippen LogP contribution in [0.25, 0.3) is 0 Å². The Balaban J connectivity index is 1.76. The molecule has 1 saturated carbocycles. The van der Waals surface area contributed by atoms with Gasteiger partial charge in [0.15, 0.2) is 0 Å². The lowest BCUT2D eigenvalue weighted by molar-refractivity contribution is -0.138.